The van der Waals surface area contributed by atoms with Crippen LogP contribution < -0.4 is 5.32 Å². The lowest BCUT2D eigenvalue weighted by atomic mass is 10.1. The molecule has 0 amide bonds. The van der Waals surface area contributed by atoms with Crippen LogP contribution in [0.2, 0.25) is 5.15 Å². The highest BCUT2D eigenvalue weighted by atomic mass is 35.5. The first-order valence-electron chi connectivity index (χ1n) is 5.39. The standard InChI is InChI=1S/C11H18ClN3/c1-4-5-6-8(2)13-11-7-10(12)14-9(3)15-11/h7-8H,4-6H2,1-3H3,(H,13,14,15). The predicted octanol–water partition coefficient (Wildman–Crippen LogP) is 3.43. The van der Waals surface area contributed by atoms with E-state index in [1.807, 2.05) is 6.92 Å². The highest BCUT2D eigenvalue weighted by molar-refractivity contribution is 6.29. The number of aryl methyl sites for hydroxylation is 1. The van der Waals surface area contributed by atoms with Gasteiger partial charge in [-0.3, -0.25) is 0 Å². The molecule has 0 aromatic carbocycles. The molecule has 15 heavy (non-hydrogen) atoms. The summed E-state index contributed by atoms with van der Waals surface area (Å²) in [4.78, 5) is 8.29. The first kappa shape index (κ1) is 12.2. The van der Waals surface area contributed by atoms with Crippen LogP contribution in [0.15, 0.2) is 6.07 Å². The van der Waals surface area contributed by atoms with Gasteiger partial charge in [0.2, 0.25) is 0 Å². The lowest BCUT2D eigenvalue weighted by Crippen LogP contribution is -2.16. The molecule has 0 aliphatic rings. The number of nitrogens with zero attached hydrogens (tertiary/aromatic N) is 2. The fraction of sp³-hybridized carbons (Fsp3) is 0.636. The molecule has 0 aliphatic carbocycles. The van der Waals surface area contributed by atoms with Crippen molar-refractivity contribution >= 4 is 17.4 Å². The van der Waals surface area contributed by atoms with Crippen LogP contribution in [0.3, 0.4) is 0 Å². The zero-order valence-corrected chi connectivity index (χ0v) is 10.3. The molecule has 3 nitrogen and oxygen atoms in total. The van der Waals surface area contributed by atoms with Gasteiger partial charge in [0.15, 0.2) is 0 Å². The second kappa shape index (κ2) is 5.91. The van der Waals surface area contributed by atoms with E-state index in [4.69, 9.17) is 11.6 Å². The Kier molecular flexibility index (Phi) is 4.82. The van der Waals surface area contributed by atoms with E-state index >= 15 is 0 Å². The molecule has 84 valence electrons. The minimum absolute atomic E-state index is 0.426. The van der Waals surface area contributed by atoms with Gasteiger partial charge in [-0.1, -0.05) is 31.4 Å². The molecule has 1 aromatic heterocycles. The van der Waals surface area contributed by atoms with Gasteiger partial charge in [0.1, 0.15) is 16.8 Å². The summed E-state index contributed by atoms with van der Waals surface area (Å²) >= 11 is 5.85. The Labute approximate surface area is 96.3 Å². The fourth-order valence-corrected chi connectivity index (χ4v) is 1.67. The summed E-state index contributed by atoms with van der Waals surface area (Å²) in [6.07, 6.45) is 3.60. The molecular weight excluding hydrogens is 210 g/mol. The second-order valence-electron chi connectivity index (χ2n) is 3.81. The van der Waals surface area contributed by atoms with Gasteiger partial charge in [-0.15, -0.1) is 0 Å². The first-order chi connectivity index (χ1) is 7.11. The normalized spacial score (nSPS) is 12.5. The van der Waals surface area contributed by atoms with Crippen LogP contribution in [0, 0.1) is 6.92 Å². The van der Waals surface area contributed by atoms with Crippen molar-refractivity contribution in [1.82, 2.24) is 9.97 Å². The molecule has 0 saturated heterocycles. The molecule has 4 heteroatoms. The molecular formula is C11H18ClN3. The van der Waals surface area contributed by atoms with Gasteiger partial charge in [-0.25, -0.2) is 9.97 Å². The third-order valence-electron chi connectivity index (χ3n) is 2.19. The van der Waals surface area contributed by atoms with Crippen LogP contribution in [0.25, 0.3) is 0 Å². The van der Waals surface area contributed by atoms with Crippen LogP contribution in [-0.4, -0.2) is 16.0 Å². The summed E-state index contributed by atoms with van der Waals surface area (Å²) < 4.78 is 0. The van der Waals surface area contributed by atoms with Crippen molar-refractivity contribution in [3.63, 3.8) is 0 Å². The van der Waals surface area contributed by atoms with Gasteiger partial charge in [0.25, 0.3) is 0 Å². The van der Waals surface area contributed by atoms with Crippen molar-refractivity contribution in [1.29, 1.82) is 0 Å². The van der Waals surface area contributed by atoms with Gasteiger partial charge in [-0.05, 0) is 20.3 Å². The topological polar surface area (TPSA) is 37.8 Å². The van der Waals surface area contributed by atoms with Crippen LogP contribution >= 0.6 is 11.6 Å². The number of hydrogen-bond donors (Lipinski definition) is 1. The first-order valence-corrected chi connectivity index (χ1v) is 5.77. The van der Waals surface area contributed by atoms with E-state index in [2.05, 4.69) is 29.1 Å². The summed E-state index contributed by atoms with van der Waals surface area (Å²) in [6, 6.07) is 2.19. The number of hydrogen-bond acceptors (Lipinski definition) is 3. The lowest BCUT2D eigenvalue weighted by Gasteiger charge is -2.14. The molecule has 0 radical (unpaired) electrons. The minimum atomic E-state index is 0.426. The fourth-order valence-electron chi connectivity index (χ4n) is 1.44. The van der Waals surface area contributed by atoms with Crippen molar-refractivity contribution < 1.29 is 0 Å². The number of aromatic nitrogens is 2. The number of unbranched alkanes of at least 4 members (excludes halogenated alkanes) is 1. The number of rotatable bonds is 5. The van der Waals surface area contributed by atoms with Gasteiger partial charge < -0.3 is 5.32 Å². The molecule has 0 spiro atoms. The number of nitrogens with one attached hydrogen (secondary N) is 1. The maximum absolute atomic E-state index is 5.85. The summed E-state index contributed by atoms with van der Waals surface area (Å²) in [5.74, 6) is 1.52. The largest absolute Gasteiger partial charge is 0.367 e. The Morgan fingerprint density at radius 3 is 2.80 bits per heavy atom. The van der Waals surface area contributed by atoms with Crippen molar-refractivity contribution in [2.75, 3.05) is 5.32 Å². The third kappa shape index (κ3) is 4.47. The Hall–Kier alpha value is -0.830. The molecule has 1 heterocycles. The molecule has 1 N–H and O–H groups in total. The average molecular weight is 228 g/mol. The summed E-state index contributed by atoms with van der Waals surface area (Å²) in [7, 11) is 0. The molecule has 0 aliphatic heterocycles. The molecule has 0 saturated carbocycles. The highest BCUT2D eigenvalue weighted by Gasteiger charge is 2.04. The molecule has 1 unspecified atom stereocenters. The van der Waals surface area contributed by atoms with E-state index < -0.39 is 0 Å². The maximum Gasteiger partial charge on any atom is 0.134 e. The monoisotopic (exact) mass is 227 g/mol. The smallest absolute Gasteiger partial charge is 0.134 e. The Morgan fingerprint density at radius 2 is 2.20 bits per heavy atom. The van der Waals surface area contributed by atoms with Gasteiger partial charge in [0, 0.05) is 12.1 Å². The molecule has 0 fully saturated rings. The molecule has 0 bridgehead atoms. The Bertz CT molecular complexity index is 294. The van der Waals surface area contributed by atoms with Crippen LogP contribution in [-0.2, 0) is 0 Å². The van der Waals surface area contributed by atoms with E-state index in [9.17, 15) is 0 Å². The van der Waals surface area contributed by atoms with Crippen molar-refractivity contribution in [3.8, 4) is 0 Å². The summed E-state index contributed by atoms with van der Waals surface area (Å²) in [6.45, 7) is 6.19. The Morgan fingerprint density at radius 1 is 1.47 bits per heavy atom. The third-order valence-corrected chi connectivity index (χ3v) is 2.39. The molecule has 1 aromatic rings. The summed E-state index contributed by atoms with van der Waals surface area (Å²) in [5, 5.41) is 3.82. The van der Waals surface area contributed by atoms with Crippen LogP contribution in [0.5, 0.6) is 0 Å². The van der Waals surface area contributed by atoms with Crippen LogP contribution in [0.1, 0.15) is 38.9 Å². The van der Waals surface area contributed by atoms with Gasteiger partial charge in [-0.2, -0.15) is 0 Å². The van der Waals surface area contributed by atoms with Gasteiger partial charge >= 0.3 is 0 Å². The van der Waals surface area contributed by atoms with E-state index in [1.165, 1.54) is 12.8 Å². The lowest BCUT2D eigenvalue weighted by molar-refractivity contribution is 0.642. The van der Waals surface area contributed by atoms with Crippen molar-refractivity contribution in [2.45, 2.75) is 46.1 Å². The van der Waals surface area contributed by atoms with Crippen molar-refractivity contribution in [2.24, 2.45) is 0 Å². The van der Waals surface area contributed by atoms with E-state index in [-0.39, 0.29) is 0 Å². The highest BCUT2D eigenvalue weighted by Crippen LogP contribution is 2.13. The average Bonchev–Trinajstić information content (AvgIpc) is 2.13. The van der Waals surface area contributed by atoms with E-state index in [0.717, 1.165) is 12.2 Å². The SMILES string of the molecule is CCCCC(C)Nc1cc(Cl)nc(C)n1. The maximum atomic E-state index is 5.85. The number of anilines is 1. The second-order valence-corrected chi connectivity index (χ2v) is 4.20. The Balaban J connectivity index is 2.56. The molecule has 1 rings (SSSR count). The summed E-state index contributed by atoms with van der Waals surface area (Å²) in [5.41, 5.74) is 0. The van der Waals surface area contributed by atoms with Gasteiger partial charge in [0.05, 0.1) is 0 Å². The minimum Gasteiger partial charge on any atom is -0.367 e. The van der Waals surface area contributed by atoms with E-state index in [0.29, 0.717) is 17.0 Å². The molecule has 1 atom stereocenters. The van der Waals surface area contributed by atoms with Crippen molar-refractivity contribution in [3.05, 3.63) is 17.0 Å². The van der Waals surface area contributed by atoms with E-state index in [1.54, 1.807) is 6.07 Å². The predicted molar refractivity (Wildman–Crippen MR) is 64.4 cm³/mol. The zero-order valence-electron chi connectivity index (χ0n) is 9.55. The van der Waals surface area contributed by atoms with Crippen LogP contribution in [0.4, 0.5) is 5.82 Å². The zero-order chi connectivity index (χ0) is 11.3. The number of halogens is 1. The quantitative estimate of drug-likeness (QED) is 0.784.